The van der Waals surface area contributed by atoms with Crippen LogP contribution >= 0.6 is 0 Å². The minimum atomic E-state index is -1.66. The summed E-state index contributed by atoms with van der Waals surface area (Å²) in [5.41, 5.74) is 2.32. The Morgan fingerprint density at radius 1 is 0.660 bits per heavy atom. The zero-order valence-electron chi connectivity index (χ0n) is 26.2. The van der Waals surface area contributed by atoms with Crippen molar-refractivity contribution < 1.29 is 73.3 Å². The van der Waals surface area contributed by atoms with Gasteiger partial charge in [0.1, 0.15) is 54.6 Å². The standard InChI is InChI=1S/C32H42O15/c1-40-18-7-6-16(11-20(18)41-2)19-12-17-9-15(10-21(42-3)30(17)45-19)5-4-8-43-31-28(38)27(37)25(35)23(47-31)14-44-32-29(39)26(36)24(34)22(13-33)46-32/h6-7,9-12,22-29,31-39H,4-5,8,13-14H2,1-3H3. The first-order chi connectivity index (χ1) is 22.6. The third kappa shape index (κ3) is 7.50. The van der Waals surface area contributed by atoms with Crippen molar-refractivity contribution in [2.24, 2.45) is 0 Å². The first-order valence-electron chi connectivity index (χ1n) is 15.2. The van der Waals surface area contributed by atoms with E-state index in [4.69, 9.17) is 37.6 Å². The van der Waals surface area contributed by atoms with Crippen molar-refractivity contribution in [3.8, 4) is 28.6 Å². The summed E-state index contributed by atoms with van der Waals surface area (Å²) >= 11 is 0. The summed E-state index contributed by atoms with van der Waals surface area (Å²) in [6.45, 7) is -0.964. The van der Waals surface area contributed by atoms with Gasteiger partial charge in [-0.05, 0) is 54.8 Å². The minimum Gasteiger partial charge on any atom is -0.493 e. The van der Waals surface area contributed by atoms with E-state index in [2.05, 4.69) is 0 Å². The Balaban J connectivity index is 1.18. The molecule has 2 aliphatic rings. The van der Waals surface area contributed by atoms with Crippen LogP contribution in [-0.2, 0) is 25.4 Å². The van der Waals surface area contributed by atoms with Crippen LogP contribution in [0.5, 0.6) is 17.2 Å². The second kappa shape index (κ2) is 15.4. The lowest BCUT2D eigenvalue weighted by atomic mass is 9.98. The third-order valence-electron chi connectivity index (χ3n) is 8.36. The normalized spacial score (nSPS) is 31.2. The fraction of sp³-hybridized carbons (Fsp3) is 0.562. The number of methoxy groups -OCH3 is 3. The largest absolute Gasteiger partial charge is 0.493 e. The monoisotopic (exact) mass is 666 g/mol. The van der Waals surface area contributed by atoms with Crippen molar-refractivity contribution in [1.82, 2.24) is 0 Å². The topological polar surface area (TPSA) is 219 Å². The smallest absolute Gasteiger partial charge is 0.186 e. The van der Waals surface area contributed by atoms with Crippen molar-refractivity contribution in [3.63, 3.8) is 0 Å². The molecule has 7 N–H and O–H groups in total. The van der Waals surface area contributed by atoms with E-state index in [-0.39, 0.29) is 6.61 Å². The Hall–Kier alpha value is -3.06. The zero-order valence-corrected chi connectivity index (χ0v) is 26.2. The molecule has 10 unspecified atom stereocenters. The van der Waals surface area contributed by atoms with Crippen LogP contribution in [-0.4, -0.2) is 138 Å². The molecule has 1 aromatic heterocycles. The molecule has 15 nitrogen and oxygen atoms in total. The number of rotatable bonds is 13. The van der Waals surface area contributed by atoms with Gasteiger partial charge in [0.15, 0.2) is 35.4 Å². The maximum Gasteiger partial charge on any atom is 0.186 e. The highest BCUT2D eigenvalue weighted by Gasteiger charge is 2.47. The van der Waals surface area contributed by atoms with Gasteiger partial charge < -0.3 is 73.3 Å². The van der Waals surface area contributed by atoms with E-state index >= 15 is 0 Å². The molecule has 2 saturated heterocycles. The summed E-state index contributed by atoms with van der Waals surface area (Å²) in [7, 11) is 4.68. The molecule has 0 saturated carbocycles. The summed E-state index contributed by atoms with van der Waals surface area (Å²) in [5, 5.41) is 71.7. The minimum absolute atomic E-state index is 0.119. The number of fused-ring (bicyclic) bond motifs is 1. The maximum absolute atomic E-state index is 10.5. The highest BCUT2D eigenvalue weighted by atomic mass is 16.7. The third-order valence-corrected chi connectivity index (χ3v) is 8.36. The van der Waals surface area contributed by atoms with E-state index in [9.17, 15) is 35.7 Å². The highest BCUT2D eigenvalue weighted by Crippen LogP contribution is 2.38. The molecule has 0 bridgehead atoms. The number of aliphatic hydroxyl groups is 7. The van der Waals surface area contributed by atoms with Crippen molar-refractivity contribution in [2.75, 3.05) is 41.2 Å². The number of aryl methyl sites for hydroxylation is 1. The number of hydrogen-bond donors (Lipinski definition) is 7. The van der Waals surface area contributed by atoms with Gasteiger partial charge >= 0.3 is 0 Å². The van der Waals surface area contributed by atoms with Gasteiger partial charge in [-0.15, -0.1) is 0 Å². The summed E-state index contributed by atoms with van der Waals surface area (Å²) in [6.07, 6.45) is -13.8. The number of aliphatic hydroxyl groups excluding tert-OH is 7. The van der Waals surface area contributed by atoms with Crippen LogP contribution < -0.4 is 14.2 Å². The molecular formula is C32H42O15. The lowest BCUT2D eigenvalue weighted by Crippen LogP contribution is -2.61. The van der Waals surface area contributed by atoms with Gasteiger partial charge in [0.2, 0.25) is 0 Å². The highest BCUT2D eigenvalue weighted by molar-refractivity contribution is 5.88. The molecular weight excluding hydrogens is 624 g/mol. The van der Waals surface area contributed by atoms with E-state index in [1.54, 1.807) is 27.4 Å². The van der Waals surface area contributed by atoms with Crippen LogP contribution in [0.25, 0.3) is 22.3 Å². The van der Waals surface area contributed by atoms with Crippen molar-refractivity contribution in [2.45, 2.75) is 74.3 Å². The Labute approximate surface area is 270 Å². The number of hydrogen-bond acceptors (Lipinski definition) is 15. The molecule has 2 aliphatic heterocycles. The molecule has 47 heavy (non-hydrogen) atoms. The second-order valence-corrected chi connectivity index (χ2v) is 11.4. The van der Waals surface area contributed by atoms with E-state index in [1.165, 1.54) is 0 Å². The summed E-state index contributed by atoms with van der Waals surface area (Å²) in [4.78, 5) is 0. The van der Waals surface area contributed by atoms with Gasteiger partial charge in [-0.2, -0.15) is 0 Å². The van der Waals surface area contributed by atoms with Crippen LogP contribution in [0, 0.1) is 0 Å². The fourth-order valence-electron chi connectivity index (χ4n) is 5.67. The molecule has 5 rings (SSSR count). The Bertz CT molecular complexity index is 1460. The fourth-order valence-corrected chi connectivity index (χ4v) is 5.67. The molecule has 3 aromatic rings. The van der Waals surface area contributed by atoms with Crippen LogP contribution in [0.15, 0.2) is 40.8 Å². The van der Waals surface area contributed by atoms with Crippen molar-refractivity contribution >= 4 is 11.0 Å². The predicted octanol–water partition coefficient (Wildman–Crippen LogP) is -0.301. The van der Waals surface area contributed by atoms with Crippen LogP contribution in [0.1, 0.15) is 12.0 Å². The van der Waals surface area contributed by atoms with Crippen LogP contribution in [0.2, 0.25) is 0 Å². The average Bonchev–Trinajstić information content (AvgIpc) is 3.52. The Morgan fingerprint density at radius 3 is 1.96 bits per heavy atom. The summed E-state index contributed by atoms with van der Waals surface area (Å²) in [6, 6.07) is 11.2. The molecule has 10 atom stereocenters. The van der Waals surface area contributed by atoms with Gasteiger partial charge in [-0.3, -0.25) is 0 Å². The molecule has 0 aliphatic carbocycles. The molecule has 260 valence electrons. The molecule has 0 spiro atoms. The second-order valence-electron chi connectivity index (χ2n) is 11.4. The van der Waals surface area contributed by atoms with E-state index in [0.29, 0.717) is 41.4 Å². The Morgan fingerprint density at radius 2 is 1.30 bits per heavy atom. The first-order valence-corrected chi connectivity index (χ1v) is 15.2. The number of furan rings is 1. The van der Waals surface area contributed by atoms with Gasteiger partial charge in [0.05, 0.1) is 41.2 Å². The maximum atomic E-state index is 10.5. The molecule has 0 amide bonds. The lowest BCUT2D eigenvalue weighted by Gasteiger charge is -2.42. The predicted molar refractivity (Wildman–Crippen MR) is 162 cm³/mol. The molecule has 3 heterocycles. The molecule has 2 fully saturated rings. The van der Waals surface area contributed by atoms with E-state index in [1.807, 2.05) is 30.3 Å². The molecule has 2 aromatic carbocycles. The summed E-state index contributed by atoms with van der Waals surface area (Å²) < 4.78 is 44.6. The Kier molecular flexibility index (Phi) is 11.6. The summed E-state index contributed by atoms with van der Waals surface area (Å²) in [5.74, 6) is 2.34. The SMILES string of the molecule is COc1ccc(-c2cc3cc(CCCOC4OC(COC5OC(CO)C(O)C(O)C5O)C(O)C(O)C4O)cc(OC)c3o2)cc1OC. The number of benzene rings is 2. The lowest BCUT2D eigenvalue weighted by molar-refractivity contribution is -0.331. The van der Waals surface area contributed by atoms with Crippen LogP contribution in [0.3, 0.4) is 0 Å². The molecule has 0 radical (unpaired) electrons. The van der Waals surface area contributed by atoms with E-state index in [0.717, 1.165) is 16.5 Å². The van der Waals surface area contributed by atoms with Gasteiger partial charge in [0.25, 0.3) is 0 Å². The van der Waals surface area contributed by atoms with Gasteiger partial charge in [-0.25, -0.2) is 0 Å². The van der Waals surface area contributed by atoms with Crippen molar-refractivity contribution in [1.29, 1.82) is 0 Å². The average molecular weight is 667 g/mol. The van der Waals surface area contributed by atoms with Gasteiger partial charge in [0, 0.05) is 10.9 Å². The number of ether oxygens (including phenoxy) is 7. The van der Waals surface area contributed by atoms with Crippen molar-refractivity contribution in [3.05, 3.63) is 42.0 Å². The zero-order chi connectivity index (χ0) is 33.8. The van der Waals surface area contributed by atoms with E-state index < -0.39 is 74.6 Å². The first kappa shape index (κ1) is 35.3. The quantitative estimate of drug-likeness (QED) is 0.117. The molecule has 15 heteroatoms. The van der Waals surface area contributed by atoms with Gasteiger partial charge in [-0.1, -0.05) is 0 Å². The van der Waals surface area contributed by atoms with Crippen LogP contribution in [0.4, 0.5) is 0 Å².